The van der Waals surface area contributed by atoms with Crippen LogP contribution in [0.4, 0.5) is 0 Å². The minimum atomic E-state index is -3.85. The molecule has 110 valence electrons. The van der Waals surface area contributed by atoms with Crippen LogP contribution in [0.5, 0.6) is 0 Å². The van der Waals surface area contributed by atoms with E-state index in [9.17, 15) is 18.3 Å². The van der Waals surface area contributed by atoms with Crippen LogP contribution in [-0.4, -0.2) is 48.1 Å². The smallest absolute Gasteiger partial charge is 0.337 e. The topological polar surface area (TPSA) is 94.9 Å². The second-order valence-electron chi connectivity index (χ2n) is 4.38. The molecule has 0 spiro atoms. The van der Waals surface area contributed by atoms with E-state index in [4.69, 9.17) is 16.7 Å². The zero-order chi connectivity index (χ0) is 15.1. The highest BCUT2D eigenvalue weighted by Crippen LogP contribution is 2.31. The molecule has 0 amide bonds. The molecule has 1 aliphatic rings. The summed E-state index contributed by atoms with van der Waals surface area (Å²) in [4.78, 5) is 10.9. The van der Waals surface area contributed by atoms with Crippen molar-refractivity contribution < 1.29 is 23.4 Å². The summed E-state index contributed by atoms with van der Waals surface area (Å²) >= 11 is 8.87. The number of rotatable bonds is 3. The number of β-amino-alcohol motifs (C(OH)–C–C–N with tert-alkyl or cyclic N) is 1. The Bertz CT molecular complexity index is 663. The van der Waals surface area contributed by atoms with Gasteiger partial charge in [-0.15, -0.1) is 0 Å². The summed E-state index contributed by atoms with van der Waals surface area (Å²) in [7, 11) is -3.85. The SMILES string of the molecule is O=C(O)c1cc(S(=O)(=O)N2CCC(O)C2)cc(Br)c1Cl. The van der Waals surface area contributed by atoms with Crippen LogP contribution in [0, 0.1) is 0 Å². The van der Waals surface area contributed by atoms with Crippen molar-refractivity contribution in [2.75, 3.05) is 13.1 Å². The number of sulfonamides is 1. The van der Waals surface area contributed by atoms with E-state index < -0.39 is 22.1 Å². The summed E-state index contributed by atoms with van der Waals surface area (Å²) in [6.07, 6.45) is -0.334. The van der Waals surface area contributed by atoms with Gasteiger partial charge in [-0.2, -0.15) is 4.31 Å². The van der Waals surface area contributed by atoms with Gasteiger partial charge in [-0.3, -0.25) is 0 Å². The Morgan fingerprint density at radius 3 is 2.60 bits per heavy atom. The molecule has 6 nitrogen and oxygen atoms in total. The van der Waals surface area contributed by atoms with Crippen molar-refractivity contribution in [1.82, 2.24) is 4.31 Å². The number of aliphatic hydroxyl groups is 1. The lowest BCUT2D eigenvalue weighted by Crippen LogP contribution is -2.29. The van der Waals surface area contributed by atoms with Gasteiger partial charge in [0.05, 0.1) is 21.6 Å². The summed E-state index contributed by atoms with van der Waals surface area (Å²) < 4.78 is 26.1. The summed E-state index contributed by atoms with van der Waals surface area (Å²) in [5.74, 6) is -1.31. The number of carbonyl (C=O) groups is 1. The van der Waals surface area contributed by atoms with E-state index in [2.05, 4.69) is 15.9 Å². The number of aromatic carboxylic acids is 1. The highest BCUT2D eigenvalue weighted by molar-refractivity contribution is 9.10. The van der Waals surface area contributed by atoms with Crippen LogP contribution in [0.15, 0.2) is 21.5 Å². The van der Waals surface area contributed by atoms with Gasteiger partial charge >= 0.3 is 5.97 Å². The van der Waals surface area contributed by atoms with Crippen molar-refractivity contribution in [2.45, 2.75) is 17.4 Å². The quantitative estimate of drug-likeness (QED) is 0.824. The fraction of sp³-hybridized carbons (Fsp3) is 0.364. The summed E-state index contributed by atoms with van der Waals surface area (Å²) in [6, 6.07) is 2.28. The lowest BCUT2D eigenvalue weighted by molar-refractivity contribution is 0.0696. The lowest BCUT2D eigenvalue weighted by atomic mass is 10.2. The molecule has 1 aromatic rings. The van der Waals surface area contributed by atoms with Crippen LogP contribution >= 0.6 is 27.5 Å². The molecule has 2 rings (SSSR count). The monoisotopic (exact) mass is 383 g/mol. The van der Waals surface area contributed by atoms with E-state index in [-0.39, 0.29) is 33.0 Å². The number of halogens is 2. The molecule has 9 heteroatoms. The van der Waals surface area contributed by atoms with Crippen LogP contribution in [0.3, 0.4) is 0 Å². The maximum atomic E-state index is 12.4. The standard InChI is InChI=1S/C11H11BrClNO5S/c12-9-4-7(3-8(10(9)13)11(16)17)20(18,19)14-2-1-6(15)5-14/h3-4,6,15H,1-2,5H2,(H,16,17). The molecule has 0 bridgehead atoms. The summed E-state index contributed by atoms with van der Waals surface area (Å²) in [5, 5.41) is 18.4. The molecular formula is C11H11BrClNO5S. The molecule has 0 aliphatic carbocycles. The molecule has 0 aromatic heterocycles. The van der Waals surface area contributed by atoms with E-state index in [1.807, 2.05) is 0 Å². The predicted octanol–water partition coefficient (Wildman–Crippen LogP) is 1.56. The minimum Gasteiger partial charge on any atom is -0.478 e. The zero-order valence-electron chi connectivity index (χ0n) is 10.1. The third-order valence-electron chi connectivity index (χ3n) is 3.00. The largest absolute Gasteiger partial charge is 0.478 e. The van der Waals surface area contributed by atoms with Gasteiger partial charge in [-0.1, -0.05) is 11.6 Å². The first-order valence-corrected chi connectivity index (χ1v) is 8.25. The number of nitrogens with zero attached hydrogens (tertiary/aromatic N) is 1. The highest BCUT2D eigenvalue weighted by Gasteiger charge is 2.32. The molecular weight excluding hydrogens is 374 g/mol. The fourth-order valence-corrected chi connectivity index (χ4v) is 4.29. The van der Waals surface area contributed by atoms with E-state index in [0.717, 1.165) is 10.4 Å². The van der Waals surface area contributed by atoms with Crippen molar-refractivity contribution >= 4 is 43.5 Å². The predicted molar refractivity (Wildman–Crippen MR) is 75.5 cm³/mol. The maximum Gasteiger partial charge on any atom is 0.337 e. The van der Waals surface area contributed by atoms with Crippen LogP contribution in [0.1, 0.15) is 16.8 Å². The minimum absolute atomic E-state index is 0.00494. The molecule has 1 atom stereocenters. The zero-order valence-corrected chi connectivity index (χ0v) is 13.2. The Hall–Kier alpha value is -0.670. The Morgan fingerprint density at radius 2 is 2.10 bits per heavy atom. The summed E-state index contributed by atoms with van der Waals surface area (Å²) in [5.41, 5.74) is -0.292. The Kier molecular flexibility index (Phi) is 4.41. The number of hydrogen-bond donors (Lipinski definition) is 2. The molecule has 1 heterocycles. The van der Waals surface area contributed by atoms with E-state index >= 15 is 0 Å². The molecule has 20 heavy (non-hydrogen) atoms. The highest BCUT2D eigenvalue weighted by atomic mass is 79.9. The molecule has 1 unspecified atom stereocenters. The maximum absolute atomic E-state index is 12.4. The normalized spacial score (nSPS) is 20.2. The van der Waals surface area contributed by atoms with E-state index in [1.165, 1.54) is 6.07 Å². The number of carboxylic acid groups (broad SMARTS) is 1. The van der Waals surface area contributed by atoms with Crippen molar-refractivity contribution in [2.24, 2.45) is 0 Å². The van der Waals surface area contributed by atoms with E-state index in [0.29, 0.717) is 6.42 Å². The van der Waals surface area contributed by atoms with Crippen LogP contribution in [0.25, 0.3) is 0 Å². The Balaban J connectivity index is 2.50. The lowest BCUT2D eigenvalue weighted by Gasteiger charge is -2.16. The molecule has 0 radical (unpaired) electrons. The number of benzene rings is 1. The Morgan fingerprint density at radius 1 is 1.45 bits per heavy atom. The molecule has 2 N–H and O–H groups in total. The summed E-state index contributed by atoms with van der Waals surface area (Å²) in [6.45, 7) is 0.205. The molecule has 0 saturated carbocycles. The fourth-order valence-electron chi connectivity index (χ4n) is 1.95. The Labute approximate surface area is 129 Å². The molecule has 1 saturated heterocycles. The van der Waals surface area contributed by atoms with E-state index in [1.54, 1.807) is 0 Å². The van der Waals surface area contributed by atoms with Gasteiger partial charge < -0.3 is 10.2 Å². The van der Waals surface area contributed by atoms with Crippen molar-refractivity contribution in [1.29, 1.82) is 0 Å². The molecule has 1 aromatic carbocycles. The third kappa shape index (κ3) is 2.84. The molecule has 1 fully saturated rings. The van der Waals surface area contributed by atoms with Crippen LogP contribution < -0.4 is 0 Å². The van der Waals surface area contributed by atoms with Crippen molar-refractivity contribution in [3.05, 3.63) is 27.2 Å². The van der Waals surface area contributed by atoms with Crippen molar-refractivity contribution in [3.8, 4) is 0 Å². The average molecular weight is 385 g/mol. The van der Waals surface area contributed by atoms with Crippen molar-refractivity contribution in [3.63, 3.8) is 0 Å². The van der Waals surface area contributed by atoms with Gasteiger partial charge in [0.25, 0.3) is 0 Å². The van der Waals surface area contributed by atoms with Gasteiger partial charge in [-0.25, -0.2) is 13.2 Å². The second-order valence-corrected chi connectivity index (χ2v) is 7.55. The first-order valence-electron chi connectivity index (χ1n) is 5.64. The third-order valence-corrected chi connectivity index (χ3v) is 6.10. The number of carboxylic acids is 1. The van der Waals surface area contributed by atoms with Gasteiger partial charge in [-0.05, 0) is 34.5 Å². The first-order chi connectivity index (χ1) is 9.23. The van der Waals surface area contributed by atoms with Gasteiger partial charge in [0, 0.05) is 17.6 Å². The van der Waals surface area contributed by atoms with Gasteiger partial charge in [0.1, 0.15) is 0 Å². The second kappa shape index (κ2) is 5.61. The van der Waals surface area contributed by atoms with Gasteiger partial charge in [0.15, 0.2) is 0 Å². The van der Waals surface area contributed by atoms with Crippen LogP contribution in [-0.2, 0) is 10.0 Å². The number of hydrogen-bond acceptors (Lipinski definition) is 4. The molecule has 1 aliphatic heterocycles. The first kappa shape index (κ1) is 15.7. The van der Waals surface area contributed by atoms with Crippen LogP contribution in [0.2, 0.25) is 5.02 Å². The van der Waals surface area contributed by atoms with Gasteiger partial charge in [0.2, 0.25) is 10.0 Å². The average Bonchev–Trinajstić information content (AvgIpc) is 2.79. The number of aliphatic hydroxyl groups excluding tert-OH is 1.